The number of rotatable bonds is 0. The van der Waals surface area contributed by atoms with Gasteiger partial charge in [0.25, 0.3) is 0 Å². The SMILES string of the molecule is C[C@@H]1C[C@@H](O)CC[C@H](O)[C@@H](C)C(=O)O1. The van der Waals surface area contributed by atoms with E-state index < -0.39 is 18.1 Å². The minimum atomic E-state index is -0.706. The number of hydrogen-bond acceptors (Lipinski definition) is 4. The number of cyclic esters (lactones) is 1. The average molecular weight is 202 g/mol. The van der Waals surface area contributed by atoms with Crippen molar-refractivity contribution in [2.75, 3.05) is 0 Å². The van der Waals surface area contributed by atoms with E-state index in [-0.39, 0.29) is 12.1 Å². The molecule has 0 spiro atoms. The van der Waals surface area contributed by atoms with Crippen LogP contribution in [0.5, 0.6) is 0 Å². The van der Waals surface area contributed by atoms with Crippen LogP contribution in [0.2, 0.25) is 0 Å². The number of aliphatic hydroxyl groups excluding tert-OH is 2. The molecule has 4 nitrogen and oxygen atoms in total. The first-order valence-electron chi connectivity index (χ1n) is 5.07. The van der Waals surface area contributed by atoms with E-state index in [1.807, 2.05) is 0 Å². The van der Waals surface area contributed by atoms with Crippen LogP contribution < -0.4 is 0 Å². The summed E-state index contributed by atoms with van der Waals surface area (Å²) in [6, 6.07) is 0. The molecule has 2 N–H and O–H groups in total. The topological polar surface area (TPSA) is 66.8 Å². The van der Waals surface area contributed by atoms with E-state index in [4.69, 9.17) is 4.74 Å². The number of hydrogen-bond donors (Lipinski definition) is 2. The Labute approximate surface area is 83.9 Å². The lowest BCUT2D eigenvalue weighted by molar-refractivity contribution is -0.156. The summed E-state index contributed by atoms with van der Waals surface area (Å²) in [5.41, 5.74) is 0. The van der Waals surface area contributed by atoms with Crippen LogP contribution in [0.4, 0.5) is 0 Å². The molecule has 0 bridgehead atoms. The van der Waals surface area contributed by atoms with Crippen LogP contribution in [0.1, 0.15) is 33.1 Å². The Morgan fingerprint density at radius 2 is 1.93 bits per heavy atom. The van der Waals surface area contributed by atoms with Crippen LogP contribution in [0.15, 0.2) is 0 Å². The third-order valence-electron chi connectivity index (χ3n) is 2.67. The van der Waals surface area contributed by atoms with Crippen LogP contribution in [0.25, 0.3) is 0 Å². The van der Waals surface area contributed by atoms with E-state index in [9.17, 15) is 15.0 Å². The zero-order valence-electron chi connectivity index (χ0n) is 8.64. The van der Waals surface area contributed by atoms with E-state index in [1.54, 1.807) is 13.8 Å². The van der Waals surface area contributed by atoms with E-state index in [0.29, 0.717) is 19.3 Å². The molecule has 82 valence electrons. The largest absolute Gasteiger partial charge is 0.462 e. The second-order valence-corrected chi connectivity index (χ2v) is 4.07. The van der Waals surface area contributed by atoms with Crippen molar-refractivity contribution in [3.05, 3.63) is 0 Å². The number of esters is 1. The summed E-state index contributed by atoms with van der Waals surface area (Å²) in [7, 11) is 0. The molecule has 1 rings (SSSR count). The van der Waals surface area contributed by atoms with Gasteiger partial charge in [-0.05, 0) is 26.7 Å². The predicted molar refractivity (Wildman–Crippen MR) is 50.6 cm³/mol. The van der Waals surface area contributed by atoms with Crippen molar-refractivity contribution in [1.82, 2.24) is 0 Å². The van der Waals surface area contributed by atoms with Crippen LogP contribution in [0.3, 0.4) is 0 Å². The Bertz CT molecular complexity index is 204. The maximum Gasteiger partial charge on any atom is 0.311 e. The van der Waals surface area contributed by atoms with Crippen LogP contribution in [-0.4, -0.2) is 34.5 Å². The maximum absolute atomic E-state index is 11.4. The Morgan fingerprint density at radius 3 is 2.57 bits per heavy atom. The molecule has 0 saturated carbocycles. The number of carbonyl (C=O) groups is 1. The first kappa shape index (κ1) is 11.5. The maximum atomic E-state index is 11.4. The van der Waals surface area contributed by atoms with Crippen molar-refractivity contribution in [3.63, 3.8) is 0 Å². The Morgan fingerprint density at radius 1 is 1.29 bits per heavy atom. The lowest BCUT2D eigenvalue weighted by Gasteiger charge is -2.17. The standard InChI is InChI=1S/C10H18O4/c1-6-5-8(11)3-4-9(12)7(2)10(13)14-6/h6-9,11-12H,3-5H2,1-2H3/t6-,7-,8+,9+/m1/s1. The average Bonchev–Trinajstić information content (AvgIpc) is 2.14. The minimum absolute atomic E-state index is 0.273. The van der Waals surface area contributed by atoms with Gasteiger partial charge >= 0.3 is 5.97 Å². The highest BCUT2D eigenvalue weighted by Gasteiger charge is 2.28. The van der Waals surface area contributed by atoms with Gasteiger partial charge in [0, 0.05) is 6.42 Å². The molecule has 0 amide bonds. The van der Waals surface area contributed by atoms with Gasteiger partial charge in [0.05, 0.1) is 18.1 Å². The molecule has 1 aliphatic heterocycles. The van der Waals surface area contributed by atoms with Gasteiger partial charge in [-0.1, -0.05) is 0 Å². The summed E-state index contributed by atoms with van der Waals surface area (Å²) in [6.45, 7) is 3.41. The molecule has 4 atom stereocenters. The second kappa shape index (κ2) is 4.75. The Hall–Kier alpha value is -0.610. The number of aliphatic hydroxyl groups is 2. The van der Waals surface area contributed by atoms with Crippen LogP contribution in [-0.2, 0) is 9.53 Å². The fourth-order valence-corrected chi connectivity index (χ4v) is 1.62. The lowest BCUT2D eigenvalue weighted by atomic mass is 9.99. The summed E-state index contributed by atoms with van der Waals surface area (Å²) < 4.78 is 5.07. The molecular weight excluding hydrogens is 184 g/mol. The molecule has 0 radical (unpaired) electrons. The molecule has 14 heavy (non-hydrogen) atoms. The minimum Gasteiger partial charge on any atom is -0.462 e. The third kappa shape index (κ3) is 2.96. The third-order valence-corrected chi connectivity index (χ3v) is 2.67. The monoisotopic (exact) mass is 202 g/mol. The molecule has 0 aromatic rings. The number of carbonyl (C=O) groups excluding carboxylic acids is 1. The molecule has 0 aliphatic carbocycles. The fourth-order valence-electron chi connectivity index (χ4n) is 1.62. The molecule has 0 unspecified atom stereocenters. The van der Waals surface area contributed by atoms with Gasteiger partial charge in [-0.2, -0.15) is 0 Å². The first-order chi connectivity index (χ1) is 6.50. The van der Waals surface area contributed by atoms with Crippen molar-refractivity contribution in [2.45, 2.75) is 51.4 Å². The summed E-state index contributed by atoms with van der Waals surface area (Å²) >= 11 is 0. The van der Waals surface area contributed by atoms with Crippen molar-refractivity contribution in [3.8, 4) is 0 Å². The zero-order valence-corrected chi connectivity index (χ0v) is 8.64. The van der Waals surface area contributed by atoms with Gasteiger partial charge in [0.15, 0.2) is 0 Å². The Balaban J connectivity index is 2.65. The van der Waals surface area contributed by atoms with Crippen LogP contribution >= 0.6 is 0 Å². The molecule has 1 heterocycles. The highest BCUT2D eigenvalue weighted by molar-refractivity contribution is 5.72. The molecule has 1 saturated heterocycles. The lowest BCUT2D eigenvalue weighted by Crippen LogP contribution is -2.28. The molecule has 0 aromatic heterocycles. The second-order valence-electron chi connectivity index (χ2n) is 4.07. The quantitative estimate of drug-likeness (QED) is 0.560. The summed E-state index contributed by atoms with van der Waals surface area (Å²) in [6.07, 6.45) is -0.0487. The van der Waals surface area contributed by atoms with Crippen molar-refractivity contribution in [2.24, 2.45) is 5.92 Å². The molecular formula is C10H18O4. The smallest absolute Gasteiger partial charge is 0.311 e. The summed E-state index contributed by atoms with van der Waals surface area (Å²) in [4.78, 5) is 11.4. The van der Waals surface area contributed by atoms with Crippen molar-refractivity contribution in [1.29, 1.82) is 0 Å². The summed E-state index contributed by atoms with van der Waals surface area (Å²) in [5, 5.41) is 19.1. The van der Waals surface area contributed by atoms with Crippen molar-refractivity contribution < 1.29 is 19.7 Å². The van der Waals surface area contributed by atoms with Gasteiger partial charge in [0.2, 0.25) is 0 Å². The summed E-state index contributed by atoms with van der Waals surface area (Å²) in [5.74, 6) is -0.873. The molecule has 1 fully saturated rings. The Kier molecular flexibility index (Phi) is 3.89. The first-order valence-corrected chi connectivity index (χ1v) is 5.07. The van der Waals surface area contributed by atoms with E-state index in [0.717, 1.165) is 0 Å². The van der Waals surface area contributed by atoms with Gasteiger partial charge in [-0.25, -0.2) is 0 Å². The number of ether oxygens (including phenoxy) is 1. The van der Waals surface area contributed by atoms with Crippen molar-refractivity contribution >= 4 is 5.97 Å². The van der Waals surface area contributed by atoms with E-state index in [1.165, 1.54) is 0 Å². The molecule has 0 aromatic carbocycles. The van der Waals surface area contributed by atoms with Crippen LogP contribution in [0, 0.1) is 5.92 Å². The fraction of sp³-hybridized carbons (Fsp3) is 0.900. The molecule has 1 aliphatic rings. The zero-order chi connectivity index (χ0) is 10.7. The normalized spacial score (nSPS) is 40.7. The highest BCUT2D eigenvalue weighted by Crippen LogP contribution is 2.19. The van der Waals surface area contributed by atoms with Gasteiger partial charge < -0.3 is 14.9 Å². The van der Waals surface area contributed by atoms with Gasteiger partial charge in [-0.15, -0.1) is 0 Å². The van der Waals surface area contributed by atoms with E-state index in [2.05, 4.69) is 0 Å². The van der Waals surface area contributed by atoms with E-state index >= 15 is 0 Å². The van der Waals surface area contributed by atoms with Gasteiger partial charge in [0.1, 0.15) is 6.10 Å². The molecule has 4 heteroatoms. The predicted octanol–water partition coefficient (Wildman–Crippen LogP) is 0.460. The van der Waals surface area contributed by atoms with Gasteiger partial charge in [-0.3, -0.25) is 4.79 Å². The highest BCUT2D eigenvalue weighted by atomic mass is 16.5.